The summed E-state index contributed by atoms with van der Waals surface area (Å²) in [5, 5.41) is 9.36. The summed E-state index contributed by atoms with van der Waals surface area (Å²) < 4.78 is 5.53. The molecule has 0 radical (unpaired) electrons. The van der Waals surface area contributed by atoms with Gasteiger partial charge in [-0.2, -0.15) is 0 Å². The fourth-order valence-corrected chi connectivity index (χ4v) is 1.99. The molecule has 1 aromatic rings. The molecular formula is C15H24O2. The Hall–Kier alpha value is -1.02. The average Bonchev–Trinajstić information content (AvgIpc) is 2.27. The summed E-state index contributed by atoms with van der Waals surface area (Å²) in [6, 6.07) is 6.19. The van der Waals surface area contributed by atoms with Crippen LogP contribution in [0.4, 0.5) is 0 Å². The quantitative estimate of drug-likeness (QED) is 0.867. The normalized spacial score (nSPS) is 13.5. The fraction of sp³-hybridized carbons (Fsp3) is 0.600. The summed E-state index contributed by atoms with van der Waals surface area (Å²) in [6.07, 6.45) is 0. The van der Waals surface area contributed by atoms with E-state index in [-0.39, 0.29) is 17.9 Å². The van der Waals surface area contributed by atoms with Gasteiger partial charge in [-0.15, -0.1) is 0 Å². The summed E-state index contributed by atoms with van der Waals surface area (Å²) in [5.41, 5.74) is 2.55. The summed E-state index contributed by atoms with van der Waals surface area (Å²) in [6.45, 7) is 11.4. The lowest BCUT2D eigenvalue weighted by Crippen LogP contribution is -2.16. The summed E-state index contributed by atoms with van der Waals surface area (Å²) in [7, 11) is 0. The monoisotopic (exact) mass is 236 g/mol. The van der Waals surface area contributed by atoms with Crippen LogP contribution in [-0.4, -0.2) is 18.3 Å². The zero-order valence-electron chi connectivity index (χ0n) is 11.6. The first-order valence-corrected chi connectivity index (χ1v) is 6.28. The molecular weight excluding hydrogens is 212 g/mol. The number of ether oxygens (including phenoxy) is 1. The molecule has 96 valence electrons. The summed E-state index contributed by atoms with van der Waals surface area (Å²) in [5.74, 6) is 1.03. The predicted molar refractivity (Wildman–Crippen MR) is 71.8 cm³/mol. The van der Waals surface area contributed by atoms with Crippen molar-refractivity contribution in [1.29, 1.82) is 0 Å². The zero-order valence-corrected chi connectivity index (χ0v) is 11.6. The van der Waals surface area contributed by atoms with E-state index in [9.17, 15) is 5.11 Å². The Morgan fingerprint density at radius 1 is 1.29 bits per heavy atom. The number of aliphatic hydroxyl groups is 1. The molecule has 0 aliphatic rings. The van der Waals surface area contributed by atoms with Crippen LogP contribution in [0.25, 0.3) is 0 Å². The third-order valence-corrected chi connectivity index (χ3v) is 2.95. The first-order chi connectivity index (χ1) is 7.90. The van der Waals surface area contributed by atoms with Gasteiger partial charge in [-0.05, 0) is 35.6 Å². The highest BCUT2D eigenvalue weighted by atomic mass is 16.5. The van der Waals surface area contributed by atoms with Crippen molar-refractivity contribution in [3.05, 3.63) is 29.3 Å². The number of benzene rings is 1. The highest BCUT2D eigenvalue weighted by Gasteiger charge is 2.21. The lowest BCUT2D eigenvalue weighted by molar-refractivity contribution is 0.271. The molecule has 0 saturated heterocycles. The molecule has 1 rings (SSSR count). The Balaban J connectivity index is 3.22. The van der Waals surface area contributed by atoms with Gasteiger partial charge in [-0.3, -0.25) is 0 Å². The van der Waals surface area contributed by atoms with Crippen molar-refractivity contribution in [1.82, 2.24) is 0 Å². The molecule has 0 saturated carbocycles. The second-order valence-electron chi connectivity index (χ2n) is 5.52. The van der Waals surface area contributed by atoms with Crippen LogP contribution in [0.3, 0.4) is 0 Å². The molecule has 1 aromatic carbocycles. The van der Waals surface area contributed by atoms with Gasteiger partial charge in [0.15, 0.2) is 0 Å². The maximum atomic E-state index is 9.36. The molecule has 1 atom stereocenters. The van der Waals surface area contributed by atoms with Gasteiger partial charge in [-0.25, -0.2) is 0 Å². The lowest BCUT2D eigenvalue weighted by Gasteiger charge is -2.26. The van der Waals surface area contributed by atoms with Crippen LogP contribution < -0.4 is 4.74 Å². The molecule has 0 bridgehead atoms. The Kier molecular flexibility index (Phi) is 4.58. The first kappa shape index (κ1) is 14.0. The predicted octanol–water partition coefficient (Wildman–Crippen LogP) is 3.48. The number of rotatable bonds is 4. The number of aliphatic hydroxyl groups excluding tert-OH is 1. The largest absolute Gasteiger partial charge is 0.494 e. The minimum Gasteiger partial charge on any atom is -0.494 e. The Morgan fingerprint density at radius 3 is 2.41 bits per heavy atom. The van der Waals surface area contributed by atoms with Crippen LogP contribution >= 0.6 is 0 Å². The maximum absolute atomic E-state index is 9.36. The fourth-order valence-electron chi connectivity index (χ4n) is 1.99. The standard InChI is InChI=1S/C15H24O2/c1-6-17-12-7-8-14(15(3,4)5)13(9-12)11(2)10-16/h7-9,11,16H,6,10H2,1-5H3. The second-order valence-corrected chi connectivity index (χ2v) is 5.52. The number of hydrogen-bond donors (Lipinski definition) is 1. The van der Waals surface area contributed by atoms with Gasteiger partial charge < -0.3 is 9.84 Å². The van der Waals surface area contributed by atoms with Crippen LogP contribution in [0.2, 0.25) is 0 Å². The van der Waals surface area contributed by atoms with Crippen molar-refractivity contribution in [3.8, 4) is 5.75 Å². The van der Waals surface area contributed by atoms with Gasteiger partial charge in [0, 0.05) is 12.5 Å². The Morgan fingerprint density at radius 2 is 1.94 bits per heavy atom. The van der Waals surface area contributed by atoms with E-state index in [1.54, 1.807) is 0 Å². The smallest absolute Gasteiger partial charge is 0.119 e. The highest BCUT2D eigenvalue weighted by Crippen LogP contribution is 2.33. The van der Waals surface area contributed by atoms with E-state index < -0.39 is 0 Å². The van der Waals surface area contributed by atoms with E-state index in [1.807, 2.05) is 19.9 Å². The van der Waals surface area contributed by atoms with Gasteiger partial charge >= 0.3 is 0 Å². The van der Waals surface area contributed by atoms with Gasteiger partial charge in [0.2, 0.25) is 0 Å². The van der Waals surface area contributed by atoms with Crippen LogP contribution in [0.15, 0.2) is 18.2 Å². The van der Waals surface area contributed by atoms with E-state index >= 15 is 0 Å². The average molecular weight is 236 g/mol. The highest BCUT2D eigenvalue weighted by molar-refractivity contribution is 5.41. The van der Waals surface area contributed by atoms with E-state index in [0.29, 0.717) is 6.61 Å². The second kappa shape index (κ2) is 5.54. The topological polar surface area (TPSA) is 29.5 Å². The zero-order chi connectivity index (χ0) is 13.1. The Bertz CT molecular complexity index is 364. The van der Waals surface area contributed by atoms with Crippen LogP contribution in [0.5, 0.6) is 5.75 Å². The molecule has 2 nitrogen and oxygen atoms in total. The molecule has 0 fully saturated rings. The van der Waals surface area contributed by atoms with E-state index in [1.165, 1.54) is 11.1 Å². The summed E-state index contributed by atoms with van der Waals surface area (Å²) >= 11 is 0. The minimum atomic E-state index is 0.0868. The van der Waals surface area contributed by atoms with Gasteiger partial charge in [0.05, 0.1) is 6.61 Å². The minimum absolute atomic E-state index is 0.0868. The third kappa shape index (κ3) is 3.47. The van der Waals surface area contributed by atoms with E-state index in [0.717, 1.165) is 5.75 Å². The Labute approximate surface area is 105 Å². The van der Waals surface area contributed by atoms with Crippen molar-refractivity contribution >= 4 is 0 Å². The number of hydrogen-bond acceptors (Lipinski definition) is 2. The molecule has 0 amide bonds. The molecule has 17 heavy (non-hydrogen) atoms. The van der Waals surface area contributed by atoms with Crippen LogP contribution in [-0.2, 0) is 5.41 Å². The van der Waals surface area contributed by atoms with Crippen LogP contribution in [0.1, 0.15) is 51.7 Å². The van der Waals surface area contributed by atoms with Crippen molar-refractivity contribution in [2.24, 2.45) is 0 Å². The van der Waals surface area contributed by atoms with E-state index in [4.69, 9.17) is 4.74 Å². The molecule has 1 N–H and O–H groups in total. The molecule has 0 aromatic heterocycles. The molecule has 0 aliphatic carbocycles. The molecule has 1 unspecified atom stereocenters. The molecule has 0 spiro atoms. The maximum Gasteiger partial charge on any atom is 0.119 e. The van der Waals surface area contributed by atoms with Crippen molar-refractivity contribution < 1.29 is 9.84 Å². The van der Waals surface area contributed by atoms with Crippen molar-refractivity contribution in [3.63, 3.8) is 0 Å². The summed E-state index contributed by atoms with van der Waals surface area (Å²) in [4.78, 5) is 0. The van der Waals surface area contributed by atoms with Crippen molar-refractivity contribution in [2.45, 2.75) is 46.0 Å². The lowest BCUT2D eigenvalue weighted by atomic mass is 9.80. The first-order valence-electron chi connectivity index (χ1n) is 6.28. The van der Waals surface area contributed by atoms with Gasteiger partial charge in [-0.1, -0.05) is 33.8 Å². The van der Waals surface area contributed by atoms with Crippen molar-refractivity contribution in [2.75, 3.05) is 13.2 Å². The molecule has 0 heterocycles. The van der Waals surface area contributed by atoms with E-state index in [2.05, 4.69) is 32.9 Å². The molecule has 2 heteroatoms. The molecule has 0 aliphatic heterocycles. The third-order valence-electron chi connectivity index (χ3n) is 2.95. The SMILES string of the molecule is CCOc1ccc(C(C)(C)C)c(C(C)CO)c1. The van der Waals surface area contributed by atoms with Crippen LogP contribution in [0, 0.1) is 0 Å². The van der Waals surface area contributed by atoms with Gasteiger partial charge in [0.1, 0.15) is 5.75 Å². The van der Waals surface area contributed by atoms with Gasteiger partial charge in [0.25, 0.3) is 0 Å².